The van der Waals surface area contributed by atoms with E-state index in [9.17, 15) is 18.0 Å². The smallest absolute Gasteiger partial charge is 0.339 e. The lowest BCUT2D eigenvalue weighted by molar-refractivity contribution is -0.114. The Morgan fingerprint density at radius 1 is 1.00 bits per heavy atom. The number of aryl methyl sites for hydroxylation is 1. The highest BCUT2D eigenvalue weighted by Gasteiger charge is 2.27. The number of amides is 1. The number of nitrogens with zero attached hydrogens (tertiary/aromatic N) is 1. The second-order valence-corrected chi connectivity index (χ2v) is 9.17. The minimum atomic E-state index is -4.01. The highest BCUT2D eigenvalue weighted by molar-refractivity contribution is 7.92. The first kappa shape index (κ1) is 23.3. The molecule has 1 N–H and O–H groups in total. The van der Waals surface area contributed by atoms with Crippen molar-refractivity contribution in [2.24, 2.45) is 0 Å². The molecule has 3 rings (SSSR count). The van der Waals surface area contributed by atoms with Crippen molar-refractivity contribution in [2.45, 2.75) is 11.8 Å². The van der Waals surface area contributed by atoms with Crippen LogP contribution in [-0.2, 0) is 19.6 Å². The number of esters is 1. The van der Waals surface area contributed by atoms with E-state index in [4.69, 9.17) is 11.6 Å². The van der Waals surface area contributed by atoms with E-state index in [0.717, 1.165) is 9.87 Å². The van der Waals surface area contributed by atoms with Crippen LogP contribution in [0.2, 0.25) is 5.02 Å². The van der Waals surface area contributed by atoms with Crippen molar-refractivity contribution in [1.82, 2.24) is 0 Å². The summed E-state index contributed by atoms with van der Waals surface area (Å²) in [4.78, 5) is 24.7. The molecular weight excluding hydrogens is 452 g/mol. The summed E-state index contributed by atoms with van der Waals surface area (Å²) in [5, 5.41) is 2.78. The Bertz CT molecular complexity index is 1250. The average molecular weight is 473 g/mol. The first-order valence-electron chi connectivity index (χ1n) is 9.54. The highest BCUT2D eigenvalue weighted by Crippen LogP contribution is 2.25. The SMILES string of the molecule is COC(=O)c1cc(NC(=O)CN(c2cccc(C)c2)S(=O)(=O)c2ccccc2)ccc1Cl. The van der Waals surface area contributed by atoms with Gasteiger partial charge in [0.15, 0.2) is 0 Å². The van der Waals surface area contributed by atoms with Gasteiger partial charge in [0, 0.05) is 5.69 Å². The molecule has 0 aliphatic heterocycles. The van der Waals surface area contributed by atoms with Gasteiger partial charge in [-0.25, -0.2) is 13.2 Å². The first-order chi connectivity index (χ1) is 15.2. The van der Waals surface area contributed by atoms with Crippen molar-refractivity contribution >= 4 is 44.9 Å². The average Bonchev–Trinajstić information content (AvgIpc) is 2.78. The van der Waals surface area contributed by atoms with Gasteiger partial charge in [0.1, 0.15) is 6.54 Å². The summed E-state index contributed by atoms with van der Waals surface area (Å²) in [5.74, 6) is -1.25. The molecule has 0 saturated heterocycles. The number of nitrogens with one attached hydrogen (secondary N) is 1. The van der Waals surface area contributed by atoms with E-state index in [1.807, 2.05) is 13.0 Å². The molecule has 0 unspecified atom stereocenters. The number of methoxy groups -OCH3 is 1. The number of sulfonamides is 1. The number of ether oxygens (including phenoxy) is 1. The fourth-order valence-corrected chi connectivity index (χ4v) is 4.65. The Morgan fingerprint density at radius 2 is 1.72 bits per heavy atom. The van der Waals surface area contributed by atoms with Crippen LogP contribution in [0.3, 0.4) is 0 Å². The van der Waals surface area contributed by atoms with E-state index in [1.165, 1.54) is 37.4 Å². The van der Waals surface area contributed by atoms with E-state index < -0.39 is 28.4 Å². The molecule has 3 aromatic carbocycles. The Hall–Kier alpha value is -3.36. The highest BCUT2D eigenvalue weighted by atomic mass is 35.5. The van der Waals surface area contributed by atoms with Crippen LogP contribution in [0.4, 0.5) is 11.4 Å². The molecule has 1 amide bonds. The number of benzene rings is 3. The van der Waals surface area contributed by atoms with Crippen LogP contribution in [0, 0.1) is 6.92 Å². The van der Waals surface area contributed by atoms with Crippen LogP contribution in [0.5, 0.6) is 0 Å². The van der Waals surface area contributed by atoms with Gasteiger partial charge in [-0.3, -0.25) is 9.10 Å². The molecule has 0 aliphatic rings. The molecule has 0 aliphatic carbocycles. The molecule has 0 bridgehead atoms. The summed E-state index contributed by atoms with van der Waals surface area (Å²) >= 11 is 6.01. The van der Waals surface area contributed by atoms with Crippen molar-refractivity contribution in [1.29, 1.82) is 0 Å². The molecule has 0 spiro atoms. The van der Waals surface area contributed by atoms with Gasteiger partial charge in [-0.15, -0.1) is 0 Å². The lowest BCUT2D eigenvalue weighted by atomic mass is 10.2. The molecule has 0 saturated carbocycles. The van der Waals surface area contributed by atoms with Crippen LogP contribution >= 0.6 is 11.6 Å². The van der Waals surface area contributed by atoms with Crippen molar-refractivity contribution in [3.8, 4) is 0 Å². The number of anilines is 2. The summed E-state index contributed by atoms with van der Waals surface area (Å²) in [7, 11) is -2.79. The van der Waals surface area contributed by atoms with Crippen molar-refractivity contribution in [2.75, 3.05) is 23.3 Å². The molecule has 0 radical (unpaired) electrons. The lowest BCUT2D eigenvalue weighted by Gasteiger charge is -2.24. The third kappa shape index (κ3) is 5.27. The van der Waals surface area contributed by atoms with E-state index in [-0.39, 0.29) is 21.2 Å². The maximum atomic E-state index is 13.3. The summed E-state index contributed by atoms with van der Waals surface area (Å²) in [6, 6.07) is 19.1. The van der Waals surface area contributed by atoms with E-state index in [0.29, 0.717) is 5.69 Å². The third-order valence-corrected chi connectivity index (χ3v) is 6.68. The Morgan fingerprint density at radius 3 is 2.38 bits per heavy atom. The van der Waals surface area contributed by atoms with Crippen LogP contribution in [-0.4, -0.2) is 33.9 Å². The van der Waals surface area contributed by atoms with Crippen molar-refractivity contribution in [3.05, 3.63) is 88.9 Å². The van der Waals surface area contributed by atoms with Gasteiger partial charge in [0.05, 0.1) is 28.3 Å². The molecule has 32 heavy (non-hydrogen) atoms. The minimum absolute atomic E-state index is 0.0637. The molecular formula is C23H21ClN2O5S. The number of carbonyl (C=O) groups is 2. The molecule has 0 atom stereocenters. The number of hydrogen-bond donors (Lipinski definition) is 1. The Labute approximate surface area is 191 Å². The van der Waals surface area contributed by atoms with Gasteiger partial charge in [-0.1, -0.05) is 41.9 Å². The van der Waals surface area contributed by atoms with Gasteiger partial charge in [-0.2, -0.15) is 0 Å². The predicted octanol–water partition coefficient (Wildman–Crippen LogP) is 4.27. The first-order valence-corrected chi connectivity index (χ1v) is 11.4. The quantitative estimate of drug-likeness (QED) is 0.518. The van der Waals surface area contributed by atoms with Gasteiger partial charge >= 0.3 is 5.97 Å². The zero-order chi connectivity index (χ0) is 23.3. The largest absolute Gasteiger partial charge is 0.465 e. The van der Waals surface area contributed by atoms with Crippen LogP contribution in [0.25, 0.3) is 0 Å². The molecule has 0 heterocycles. The van der Waals surface area contributed by atoms with Gasteiger partial charge in [-0.05, 0) is 55.0 Å². The van der Waals surface area contributed by atoms with Crippen LogP contribution < -0.4 is 9.62 Å². The van der Waals surface area contributed by atoms with Crippen LogP contribution in [0.15, 0.2) is 77.7 Å². The third-order valence-electron chi connectivity index (χ3n) is 4.56. The Kier molecular flexibility index (Phi) is 7.17. The van der Waals surface area contributed by atoms with Gasteiger partial charge in [0.2, 0.25) is 5.91 Å². The van der Waals surface area contributed by atoms with Crippen molar-refractivity contribution < 1.29 is 22.7 Å². The summed E-state index contributed by atoms with van der Waals surface area (Å²) in [5.41, 5.74) is 1.56. The maximum Gasteiger partial charge on any atom is 0.339 e. The number of rotatable bonds is 7. The number of hydrogen-bond acceptors (Lipinski definition) is 5. The molecule has 9 heteroatoms. The normalized spacial score (nSPS) is 11.0. The molecule has 7 nitrogen and oxygen atoms in total. The summed E-state index contributed by atoms with van der Waals surface area (Å²) in [6.45, 7) is 1.36. The number of halogens is 1. The summed E-state index contributed by atoms with van der Waals surface area (Å²) in [6.07, 6.45) is 0. The molecule has 0 aromatic heterocycles. The van der Waals surface area contributed by atoms with Crippen LogP contribution in [0.1, 0.15) is 15.9 Å². The monoisotopic (exact) mass is 472 g/mol. The topological polar surface area (TPSA) is 92.8 Å². The fourth-order valence-electron chi connectivity index (χ4n) is 3.02. The van der Waals surface area contributed by atoms with E-state index >= 15 is 0 Å². The van der Waals surface area contributed by atoms with Gasteiger partial charge < -0.3 is 10.1 Å². The zero-order valence-corrected chi connectivity index (χ0v) is 19.0. The van der Waals surface area contributed by atoms with Crippen molar-refractivity contribution in [3.63, 3.8) is 0 Å². The molecule has 3 aromatic rings. The fraction of sp³-hybridized carbons (Fsp3) is 0.130. The lowest BCUT2D eigenvalue weighted by Crippen LogP contribution is -2.38. The van der Waals surface area contributed by atoms with E-state index in [2.05, 4.69) is 10.1 Å². The molecule has 0 fully saturated rings. The van der Waals surface area contributed by atoms with E-state index in [1.54, 1.807) is 36.4 Å². The second-order valence-electron chi connectivity index (χ2n) is 6.90. The van der Waals surface area contributed by atoms with Gasteiger partial charge in [0.25, 0.3) is 10.0 Å². The summed E-state index contributed by atoms with van der Waals surface area (Å²) < 4.78 is 32.4. The standard InChI is InChI=1S/C23H21ClN2O5S/c1-16-7-6-8-18(13-16)26(32(29,30)19-9-4-3-5-10-19)15-22(27)25-17-11-12-21(24)20(14-17)23(28)31-2/h3-14H,15H2,1-2H3,(H,25,27). The number of carbonyl (C=O) groups excluding carboxylic acids is 2. The maximum absolute atomic E-state index is 13.3. The second kappa shape index (κ2) is 9.84. The minimum Gasteiger partial charge on any atom is -0.465 e. The molecule has 166 valence electrons. The predicted molar refractivity (Wildman–Crippen MR) is 124 cm³/mol. The zero-order valence-electron chi connectivity index (χ0n) is 17.4. The Balaban J connectivity index is 1.92.